The van der Waals surface area contributed by atoms with Crippen LogP contribution >= 0.6 is 0 Å². The molecule has 2 nitrogen and oxygen atoms in total. The number of nitrogens with two attached hydrogens (primary N) is 1. The number of hydrazine groups is 1. The Balaban J connectivity index is 2.61. The molecule has 106 valence electrons. The first-order valence-corrected chi connectivity index (χ1v) is 6.43. The van der Waals surface area contributed by atoms with Crippen LogP contribution in [0.5, 0.6) is 0 Å². The number of benzene rings is 2. The molecule has 1 atom stereocenters. The average molecular weight is 276 g/mol. The van der Waals surface area contributed by atoms with Crippen molar-refractivity contribution in [3.8, 4) is 0 Å². The number of nitrogens with one attached hydrogen (secondary N) is 1. The van der Waals surface area contributed by atoms with Crippen LogP contribution in [0.1, 0.15) is 33.9 Å². The maximum atomic E-state index is 14.3. The van der Waals surface area contributed by atoms with E-state index in [1.165, 1.54) is 18.2 Å². The molecular weight excluding hydrogens is 258 g/mol. The molecule has 2 aromatic carbocycles. The van der Waals surface area contributed by atoms with Gasteiger partial charge in [0.05, 0.1) is 6.04 Å². The Hall–Kier alpha value is -1.78. The van der Waals surface area contributed by atoms with E-state index in [9.17, 15) is 8.78 Å². The first-order valence-electron chi connectivity index (χ1n) is 6.43. The van der Waals surface area contributed by atoms with Gasteiger partial charge in [0.25, 0.3) is 0 Å². The maximum Gasteiger partial charge on any atom is 0.128 e. The Morgan fingerprint density at radius 3 is 2.30 bits per heavy atom. The molecule has 0 saturated carbocycles. The van der Waals surface area contributed by atoms with Gasteiger partial charge in [-0.05, 0) is 61.2 Å². The van der Waals surface area contributed by atoms with Crippen LogP contribution in [-0.2, 0) is 0 Å². The number of aryl methyl sites for hydroxylation is 3. The summed E-state index contributed by atoms with van der Waals surface area (Å²) in [6.07, 6.45) is 0. The van der Waals surface area contributed by atoms with Crippen LogP contribution in [0, 0.1) is 32.4 Å². The second kappa shape index (κ2) is 5.69. The lowest BCUT2D eigenvalue weighted by molar-refractivity contribution is 0.550. The molecule has 3 N–H and O–H groups in total. The highest BCUT2D eigenvalue weighted by Crippen LogP contribution is 2.30. The molecule has 2 rings (SSSR count). The van der Waals surface area contributed by atoms with Gasteiger partial charge in [0.2, 0.25) is 0 Å². The van der Waals surface area contributed by atoms with Crippen LogP contribution in [-0.4, -0.2) is 0 Å². The summed E-state index contributed by atoms with van der Waals surface area (Å²) >= 11 is 0. The van der Waals surface area contributed by atoms with Gasteiger partial charge in [0.15, 0.2) is 0 Å². The summed E-state index contributed by atoms with van der Waals surface area (Å²) in [7, 11) is 0. The van der Waals surface area contributed by atoms with Crippen molar-refractivity contribution < 1.29 is 8.78 Å². The summed E-state index contributed by atoms with van der Waals surface area (Å²) in [4.78, 5) is 0. The normalized spacial score (nSPS) is 12.5. The van der Waals surface area contributed by atoms with E-state index in [1.54, 1.807) is 6.07 Å². The highest BCUT2D eigenvalue weighted by atomic mass is 19.1. The summed E-state index contributed by atoms with van der Waals surface area (Å²) in [5.74, 6) is 4.89. The molecule has 0 radical (unpaired) electrons. The zero-order chi connectivity index (χ0) is 14.9. The van der Waals surface area contributed by atoms with Gasteiger partial charge in [-0.2, -0.15) is 0 Å². The molecule has 0 bridgehead atoms. The zero-order valence-electron chi connectivity index (χ0n) is 11.8. The largest absolute Gasteiger partial charge is 0.271 e. The van der Waals surface area contributed by atoms with Crippen molar-refractivity contribution in [1.82, 2.24) is 5.43 Å². The minimum absolute atomic E-state index is 0.339. The third-order valence-electron chi connectivity index (χ3n) is 3.49. The highest BCUT2D eigenvalue weighted by molar-refractivity contribution is 5.42. The Morgan fingerprint density at radius 1 is 1.00 bits per heavy atom. The van der Waals surface area contributed by atoms with Crippen molar-refractivity contribution in [2.75, 3.05) is 0 Å². The van der Waals surface area contributed by atoms with Gasteiger partial charge in [-0.1, -0.05) is 12.1 Å². The lowest BCUT2D eigenvalue weighted by Gasteiger charge is -2.22. The summed E-state index contributed by atoms with van der Waals surface area (Å²) < 4.78 is 27.7. The lowest BCUT2D eigenvalue weighted by Crippen LogP contribution is -2.30. The van der Waals surface area contributed by atoms with Crippen molar-refractivity contribution in [2.45, 2.75) is 26.8 Å². The predicted octanol–water partition coefficient (Wildman–Crippen LogP) is 3.44. The van der Waals surface area contributed by atoms with Gasteiger partial charge in [-0.25, -0.2) is 14.2 Å². The Bertz CT molecular complexity index is 615. The van der Waals surface area contributed by atoms with E-state index in [2.05, 4.69) is 5.43 Å². The van der Waals surface area contributed by atoms with E-state index in [4.69, 9.17) is 5.84 Å². The van der Waals surface area contributed by atoms with Gasteiger partial charge < -0.3 is 0 Å². The van der Waals surface area contributed by atoms with Crippen molar-refractivity contribution in [3.05, 3.63) is 69.8 Å². The number of halogens is 2. The molecule has 0 aliphatic heterocycles. The second-order valence-electron chi connectivity index (χ2n) is 5.08. The molecule has 0 spiro atoms. The molecule has 1 unspecified atom stereocenters. The van der Waals surface area contributed by atoms with Crippen molar-refractivity contribution in [2.24, 2.45) is 5.84 Å². The zero-order valence-corrected chi connectivity index (χ0v) is 11.8. The monoisotopic (exact) mass is 276 g/mol. The predicted molar refractivity (Wildman–Crippen MR) is 76.2 cm³/mol. The van der Waals surface area contributed by atoms with E-state index in [0.29, 0.717) is 11.1 Å². The average Bonchev–Trinajstić information content (AvgIpc) is 2.37. The highest BCUT2D eigenvalue weighted by Gasteiger charge is 2.21. The first-order chi connectivity index (χ1) is 9.43. The number of hydrogen-bond donors (Lipinski definition) is 2. The Labute approximate surface area is 117 Å². The molecule has 20 heavy (non-hydrogen) atoms. The molecular formula is C16H18F2N2. The van der Waals surface area contributed by atoms with Crippen molar-refractivity contribution in [3.63, 3.8) is 0 Å². The second-order valence-corrected chi connectivity index (χ2v) is 5.08. The van der Waals surface area contributed by atoms with Gasteiger partial charge >= 0.3 is 0 Å². The summed E-state index contributed by atoms with van der Waals surface area (Å²) in [6.45, 7) is 5.50. The van der Waals surface area contributed by atoms with Crippen LogP contribution in [0.2, 0.25) is 0 Å². The first kappa shape index (κ1) is 14.6. The Morgan fingerprint density at radius 2 is 1.70 bits per heavy atom. The molecule has 0 saturated heterocycles. The van der Waals surface area contributed by atoms with Gasteiger partial charge in [0.1, 0.15) is 11.6 Å². The molecule has 0 heterocycles. The van der Waals surface area contributed by atoms with E-state index < -0.39 is 6.04 Å². The van der Waals surface area contributed by atoms with Crippen molar-refractivity contribution >= 4 is 0 Å². The van der Waals surface area contributed by atoms with E-state index in [0.717, 1.165) is 16.7 Å². The SMILES string of the molecule is Cc1cc(C)c(C(NN)c2cc(F)ccc2C)c(F)c1. The maximum absolute atomic E-state index is 14.3. The lowest BCUT2D eigenvalue weighted by atomic mass is 9.91. The fraction of sp³-hybridized carbons (Fsp3) is 0.250. The van der Waals surface area contributed by atoms with Crippen LogP contribution in [0.4, 0.5) is 8.78 Å². The van der Waals surface area contributed by atoms with Crippen molar-refractivity contribution in [1.29, 1.82) is 0 Å². The quantitative estimate of drug-likeness (QED) is 0.665. The smallest absolute Gasteiger partial charge is 0.128 e. The molecule has 2 aromatic rings. The molecule has 0 aromatic heterocycles. The molecule has 4 heteroatoms. The third kappa shape index (κ3) is 2.71. The van der Waals surface area contributed by atoms with Gasteiger partial charge in [0, 0.05) is 5.56 Å². The van der Waals surface area contributed by atoms with Crippen LogP contribution < -0.4 is 11.3 Å². The molecule has 0 aliphatic rings. The number of rotatable bonds is 3. The topological polar surface area (TPSA) is 38.0 Å². The molecule has 0 amide bonds. The number of hydrogen-bond acceptors (Lipinski definition) is 2. The standard InChI is InChI=1S/C16H18F2N2/c1-9-6-11(3)15(14(18)7-9)16(20-19)13-8-12(17)5-4-10(13)2/h4-8,16,20H,19H2,1-3H3. The molecule has 0 aliphatic carbocycles. The Kier molecular flexibility index (Phi) is 4.16. The third-order valence-corrected chi connectivity index (χ3v) is 3.49. The fourth-order valence-electron chi connectivity index (χ4n) is 2.54. The van der Waals surface area contributed by atoms with Crippen LogP contribution in [0.15, 0.2) is 30.3 Å². The van der Waals surface area contributed by atoms with Gasteiger partial charge in [-0.15, -0.1) is 0 Å². The van der Waals surface area contributed by atoms with E-state index in [1.807, 2.05) is 26.8 Å². The van der Waals surface area contributed by atoms with Gasteiger partial charge in [-0.3, -0.25) is 5.84 Å². The minimum atomic E-state index is -0.578. The van der Waals surface area contributed by atoms with Crippen LogP contribution in [0.25, 0.3) is 0 Å². The molecule has 0 fully saturated rings. The summed E-state index contributed by atoms with van der Waals surface area (Å²) in [5.41, 5.74) is 6.17. The summed E-state index contributed by atoms with van der Waals surface area (Å²) in [5, 5.41) is 0. The van der Waals surface area contributed by atoms with E-state index in [-0.39, 0.29) is 11.6 Å². The minimum Gasteiger partial charge on any atom is -0.271 e. The fourth-order valence-corrected chi connectivity index (χ4v) is 2.54. The van der Waals surface area contributed by atoms with E-state index >= 15 is 0 Å². The summed E-state index contributed by atoms with van der Waals surface area (Å²) in [6, 6.07) is 7.20. The van der Waals surface area contributed by atoms with Crippen LogP contribution in [0.3, 0.4) is 0 Å².